The fourth-order valence-corrected chi connectivity index (χ4v) is 4.54. The van der Waals surface area contributed by atoms with E-state index in [1.807, 2.05) is 66.7 Å². The van der Waals surface area contributed by atoms with E-state index in [-0.39, 0.29) is 29.1 Å². The van der Waals surface area contributed by atoms with E-state index < -0.39 is 5.91 Å². The fourth-order valence-electron chi connectivity index (χ4n) is 4.54. The van der Waals surface area contributed by atoms with Crippen LogP contribution in [0.2, 0.25) is 0 Å². The molecule has 0 fully saturated rings. The van der Waals surface area contributed by atoms with Crippen LogP contribution in [0.3, 0.4) is 0 Å². The van der Waals surface area contributed by atoms with E-state index in [0.717, 1.165) is 28.0 Å². The van der Waals surface area contributed by atoms with Crippen molar-refractivity contribution in [2.45, 2.75) is 45.8 Å². The number of aromatic nitrogens is 3. The van der Waals surface area contributed by atoms with Gasteiger partial charge in [0.25, 0.3) is 5.91 Å². The molecule has 216 valence electrons. The molecule has 0 saturated carbocycles. The van der Waals surface area contributed by atoms with Crippen LogP contribution < -0.4 is 19.9 Å². The minimum atomic E-state index is -0.766. The SMILES string of the molecule is COc1nc(-c2c(C(N)=O)noc2CCc2cc(C(C)C)c(OCc3ccccc3)cc2OCc2ccccc2)no1. The zero-order valence-electron chi connectivity index (χ0n) is 23.7. The Balaban J connectivity index is 1.47. The highest BCUT2D eigenvalue weighted by Gasteiger charge is 2.26. The van der Waals surface area contributed by atoms with Gasteiger partial charge in [0.15, 0.2) is 5.69 Å². The molecule has 5 rings (SSSR count). The third-order valence-electron chi connectivity index (χ3n) is 6.71. The number of benzene rings is 3. The van der Waals surface area contributed by atoms with Gasteiger partial charge in [0.1, 0.15) is 30.5 Å². The predicted molar refractivity (Wildman–Crippen MR) is 154 cm³/mol. The number of nitrogens with two attached hydrogens (primary N) is 1. The molecule has 0 aliphatic heterocycles. The summed E-state index contributed by atoms with van der Waals surface area (Å²) >= 11 is 0. The number of hydrogen-bond acceptors (Lipinski definition) is 9. The molecule has 0 bridgehead atoms. The topological polar surface area (TPSA) is 136 Å². The van der Waals surface area contributed by atoms with Crippen LogP contribution in [0.15, 0.2) is 81.8 Å². The summed E-state index contributed by atoms with van der Waals surface area (Å²) in [6.07, 6.45) is 0.797. The van der Waals surface area contributed by atoms with Crippen LogP contribution in [0, 0.1) is 0 Å². The number of ether oxygens (including phenoxy) is 3. The average Bonchev–Trinajstić information content (AvgIpc) is 3.66. The van der Waals surface area contributed by atoms with Crippen LogP contribution >= 0.6 is 0 Å². The summed E-state index contributed by atoms with van der Waals surface area (Å²) in [6, 6.07) is 24.0. The van der Waals surface area contributed by atoms with Crippen molar-refractivity contribution in [1.29, 1.82) is 0 Å². The molecule has 2 heterocycles. The van der Waals surface area contributed by atoms with E-state index >= 15 is 0 Å². The molecule has 0 atom stereocenters. The third kappa shape index (κ3) is 6.60. The molecular weight excluding hydrogens is 536 g/mol. The van der Waals surface area contributed by atoms with Crippen LogP contribution in [0.25, 0.3) is 11.4 Å². The first-order valence-electron chi connectivity index (χ1n) is 13.6. The maximum absolute atomic E-state index is 12.1. The number of aryl methyl sites for hydroxylation is 2. The van der Waals surface area contributed by atoms with Gasteiger partial charge in [-0.25, -0.2) is 0 Å². The number of amides is 1. The van der Waals surface area contributed by atoms with Gasteiger partial charge in [-0.15, -0.1) is 0 Å². The van der Waals surface area contributed by atoms with Crippen molar-refractivity contribution in [3.63, 3.8) is 0 Å². The van der Waals surface area contributed by atoms with Gasteiger partial charge in [0.2, 0.25) is 5.82 Å². The second kappa shape index (κ2) is 13.0. The highest BCUT2D eigenvalue weighted by molar-refractivity contribution is 5.97. The maximum Gasteiger partial charge on any atom is 0.417 e. The highest BCUT2D eigenvalue weighted by Crippen LogP contribution is 2.36. The summed E-state index contributed by atoms with van der Waals surface area (Å²) in [5, 5.41) is 7.79. The highest BCUT2D eigenvalue weighted by atomic mass is 16.6. The van der Waals surface area contributed by atoms with Crippen molar-refractivity contribution in [2.75, 3.05) is 7.11 Å². The second-order valence-corrected chi connectivity index (χ2v) is 9.98. The van der Waals surface area contributed by atoms with Crippen LogP contribution in [-0.4, -0.2) is 28.3 Å². The summed E-state index contributed by atoms with van der Waals surface area (Å²) in [6.45, 7) is 5.06. The Morgan fingerprint density at radius 1 is 0.857 bits per heavy atom. The van der Waals surface area contributed by atoms with E-state index in [4.69, 9.17) is 29.0 Å². The molecule has 10 heteroatoms. The monoisotopic (exact) mass is 568 g/mol. The number of methoxy groups -OCH3 is 1. The van der Waals surface area contributed by atoms with Crippen LogP contribution in [0.4, 0.5) is 0 Å². The second-order valence-electron chi connectivity index (χ2n) is 9.98. The lowest BCUT2D eigenvalue weighted by atomic mass is 9.96. The van der Waals surface area contributed by atoms with Crippen LogP contribution in [0.5, 0.6) is 17.6 Å². The third-order valence-corrected chi connectivity index (χ3v) is 6.71. The van der Waals surface area contributed by atoms with Crippen molar-refractivity contribution in [3.05, 3.63) is 107 Å². The fraction of sp³-hybridized carbons (Fsp3) is 0.250. The quantitative estimate of drug-likeness (QED) is 0.184. The lowest BCUT2D eigenvalue weighted by Gasteiger charge is -2.20. The van der Waals surface area contributed by atoms with Gasteiger partial charge in [-0.2, -0.15) is 4.98 Å². The Morgan fingerprint density at radius 2 is 1.50 bits per heavy atom. The molecule has 0 saturated heterocycles. The number of carbonyl (C=O) groups excluding carboxylic acids is 1. The zero-order chi connectivity index (χ0) is 29.5. The first kappa shape index (κ1) is 28.4. The molecular formula is C32H32N4O6. The van der Waals surface area contributed by atoms with Gasteiger partial charge in [-0.3, -0.25) is 9.32 Å². The Kier molecular flexibility index (Phi) is 8.81. The summed E-state index contributed by atoms with van der Waals surface area (Å²) in [5.41, 5.74) is 9.85. The number of primary amides is 1. The van der Waals surface area contributed by atoms with E-state index in [2.05, 4.69) is 35.2 Å². The number of hydrogen-bond donors (Lipinski definition) is 1. The predicted octanol–water partition coefficient (Wildman–Crippen LogP) is 5.90. The van der Waals surface area contributed by atoms with Crippen LogP contribution in [0.1, 0.15) is 58.3 Å². The van der Waals surface area contributed by atoms with Gasteiger partial charge in [-0.05, 0) is 40.7 Å². The van der Waals surface area contributed by atoms with Crippen molar-refractivity contribution < 1.29 is 28.1 Å². The molecule has 42 heavy (non-hydrogen) atoms. The van der Waals surface area contributed by atoms with Crippen molar-refractivity contribution in [1.82, 2.24) is 15.3 Å². The van der Waals surface area contributed by atoms with Gasteiger partial charge < -0.3 is 24.5 Å². The number of nitrogens with zero attached hydrogens (tertiary/aromatic N) is 3. The zero-order valence-corrected chi connectivity index (χ0v) is 23.7. The molecule has 0 aliphatic carbocycles. The van der Waals surface area contributed by atoms with Crippen molar-refractivity contribution in [2.24, 2.45) is 5.73 Å². The van der Waals surface area contributed by atoms with Gasteiger partial charge in [-0.1, -0.05) is 84.8 Å². The minimum Gasteiger partial charge on any atom is -0.488 e. The van der Waals surface area contributed by atoms with Crippen LogP contribution in [-0.2, 0) is 26.1 Å². The summed E-state index contributed by atoms with van der Waals surface area (Å²) in [7, 11) is 1.40. The smallest absolute Gasteiger partial charge is 0.417 e. The molecule has 2 N–H and O–H groups in total. The van der Waals surface area contributed by atoms with E-state index in [9.17, 15) is 4.79 Å². The largest absolute Gasteiger partial charge is 0.488 e. The van der Waals surface area contributed by atoms with E-state index in [1.54, 1.807) is 0 Å². The Bertz CT molecular complexity index is 1630. The molecule has 2 aromatic heterocycles. The Hall–Kier alpha value is -5.12. The van der Waals surface area contributed by atoms with Crippen molar-refractivity contribution >= 4 is 5.91 Å². The lowest BCUT2D eigenvalue weighted by Crippen LogP contribution is -2.13. The van der Waals surface area contributed by atoms with E-state index in [1.165, 1.54) is 7.11 Å². The normalized spacial score (nSPS) is 11.0. The maximum atomic E-state index is 12.1. The molecule has 1 amide bonds. The standard InChI is InChI=1S/C32H32N4O6/c1-20(2)24-16-23(14-15-25-28(29(30(33)37)35-41-25)31-34-32(38-3)42-36-31)26(39-18-21-10-6-4-7-11-21)17-27(24)40-19-22-12-8-5-9-13-22/h4-13,16-17,20H,14-15,18-19H2,1-3H3,(H2,33,37). The molecule has 10 nitrogen and oxygen atoms in total. The van der Waals surface area contributed by atoms with Gasteiger partial charge in [0, 0.05) is 12.5 Å². The first-order valence-corrected chi connectivity index (χ1v) is 13.6. The Labute approximate surface area is 243 Å². The van der Waals surface area contributed by atoms with E-state index in [0.29, 0.717) is 37.6 Å². The molecule has 3 aromatic carbocycles. The van der Waals surface area contributed by atoms with Gasteiger partial charge in [0.05, 0.1) is 12.7 Å². The molecule has 0 radical (unpaired) electrons. The number of carbonyl (C=O) groups is 1. The average molecular weight is 569 g/mol. The lowest BCUT2D eigenvalue weighted by molar-refractivity contribution is 0.0992. The van der Waals surface area contributed by atoms with Crippen molar-refractivity contribution in [3.8, 4) is 29.0 Å². The molecule has 0 unspecified atom stereocenters. The minimum absolute atomic E-state index is 0.0585. The summed E-state index contributed by atoms with van der Waals surface area (Å²) in [5.74, 6) is 1.35. The summed E-state index contributed by atoms with van der Waals surface area (Å²) in [4.78, 5) is 16.3. The Morgan fingerprint density at radius 3 is 2.07 bits per heavy atom. The molecule has 5 aromatic rings. The summed E-state index contributed by atoms with van der Waals surface area (Å²) < 4.78 is 28.3. The molecule has 0 aliphatic rings. The first-order chi connectivity index (χ1) is 20.4. The molecule has 0 spiro atoms. The van der Waals surface area contributed by atoms with Gasteiger partial charge >= 0.3 is 6.08 Å². The number of rotatable bonds is 13.